The lowest BCUT2D eigenvalue weighted by Gasteiger charge is -2.22. The smallest absolute Gasteiger partial charge is 0.416 e. The Hall–Kier alpha value is -3.10. The molecule has 1 atom stereocenters. The van der Waals surface area contributed by atoms with Crippen molar-refractivity contribution in [3.63, 3.8) is 0 Å². The number of rotatable bonds is 4. The Bertz CT molecular complexity index is 1090. The molecule has 0 bridgehead atoms. The number of nitrogens with zero attached hydrogens (tertiary/aromatic N) is 4. The van der Waals surface area contributed by atoms with Gasteiger partial charge in [-0.05, 0) is 25.0 Å². The van der Waals surface area contributed by atoms with Crippen molar-refractivity contribution in [3.05, 3.63) is 53.3 Å². The van der Waals surface area contributed by atoms with Crippen molar-refractivity contribution in [2.45, 2.75) is 25.4 Å². The summed E-state index contributed by atoms with van der Waals surface area (Å²) in [4.78, 5) is 18.9. The van der Waals surface area contributed by atoms with Gasteiger partial charge in [0.25, 0.3) is 0 Å². The van der Waals surface area contributed by atoms with Gasteiger partial charge in [0.15, 0.2) is 5.65 Å². The molecule has 158 valence electrons. The number of ether oxygens (including phenoxy) is 1. The molecule has 0 N–H and O–H groups in total. The van der Waals surface area contributed by atoms with Crippen LogP contribution in [0.3, 0.4) is 0 Å². The maximum Gasteiger partial charge on any atom is 0.416 e. The second-order valence-electron chi connectivity index (χ2n) is 7.30. The fourth-order valence-corrected chi connectivity index (χ4v) is 3.99. The number of aryl methyl sites for hydroxylation is 1. The van der Waals surface area contributed by atoms with E-state index in [2.05, 4.69) is 10.1 Å². The Morgan fingerprint density at radius 2 is 2.10 bits per heavy atom. The van der Waals surface area contributed by atoms with Crippen LogP contribution in [-0.4, -0.2) is 40.4 Å². The Labute approximate surface area is 171 Å². The Balaban J connectivity index is 1.70. The number of benzene rings is 1. The molecule has 0 amide bonds. The molecule has 1 aromatic carbocycles. The highest BCUT2D eigenvalue weighted by atomic mass is 19.4. The van der Waals surface area contributed by atoms with E-state index in [4.69, 9.17) is 4.74 Å². The fourth-order valence-electron chi connectivity index (χ4n) is 3.99. The van der Waals surface area contributed by atoms with E-state index in [-0.39, 0.29) is 12.5 Å². The number of carbonyl (C=O) groups excluding carboxylic acids is 1. The van der Waals surface area contributed by atoms with Crippen LogP contribution in [0.2, 0.25) is 0 Å². The summed E-state index contributed by atoms with van der Waals surface area (Å²) in [6, 6.07) is 5.46. The molecule has 1 saturated heterocycles. The molecule has 1 fully saturated rings. The van der Waals surface area contributed by atoms with Gasteiger partial charge in [-0.15, -0.1) is 0 Å². The Kier molecular flexibility index (Phi) is 5.13. The van der Waals surface area contributed by atoms with Crippen molar-refractivity contribution < 1.29 is 22.7 Å². The second kappa shape index (κ2) is 7.62. The van der Waals surface area contributed by atoms with Gasteiger partial charge in [0.05, 0.1) is 29.4 Å². The minimum Gasteiger partial charge on any atom is -0.462 e. The Morgan fingerprint density at radius 1 is 1.30 bits per heavy atom. The average molecular weight is 418 g/mol. The first-order valence-electron chi connectivity index (χ1n) is 9.69. The van der Waals surface area contributed by atoms with Crippen LogP contribution in [0.1, 0.15) is 40.7 Å². The lowest BCUT2D eigenvalue weighted by molar-refractivity contribution is -0.137. The number of fused-ring (bicyclic) bond motifs is 1. The first kappa shape index (κ1) is 20.2. The zero-order valence-corrected chi connectivity index (χ0v) is 16.6. The number of hydrogen-bond acceptors (Lipinski definition) is 5. The Morgan fingerprint density at radius 3 is 2.83 bits per heavy atom. The highest BCUT2D eigenvalue weighted by Gasteiger charge is 2.33. The van der Waals surface area contributed by atoms with Gasteiger partial charge < -0.3 is 9.64 Å². The van der Waals surface area contributed by atoms with Gasteiger partial charge in [0.1, 0.15) is 5.56 Å². The zero-order chi connectivity index (χ0) is 21.5. The first-order chi connectivity index (χ1) is 14.3. The van der Waals surface area contributed by atoms with E-state index < -0.39 is 17.7 Å². The molecule has 1 aliphatic rings. The third-order valence-electron chi connectivity index (χ3n) is 5.42. The summed E-state index contributed by atoms with van der Waals surface area (Å²) in [5.74, 6) is -0.560. The summed E-state index contributed by atoms with van der Waals surface area (Å²) in [6.45, 7) is 3.05. The lowest BCUT2D eigenvalue weighted by Crippen LogP contribution is -2.23. The monoisotopic (exact) mass is 418 g/mol. The van der Waals surface area contributed by atoms with Crippen molar-refractivity contribution in [2.75, 3.05) is 24.6 Å². The number of aromatic nitrogens is 3. The average Bonchev–Trinajstić information content (AvgIpc) is 3.34. The molecule has 9 heteroatoms. The van der Waals surface area contributed by atoms with Crippen LogP contribution in [0.15, 0.2) is 36.7 Å². The van der Waals surface area contributed by atoms with E-state index in [9.17, 15) is 18.0 Å². The summed E-state index contributed by atoms with van der Waals surface area (Å²) >= 11 is 0. The maximum atomic E-state index is 13.1. The van der Waals surface area contributed by atoms with Crippen LogP contribution < -0.4 is 4.90 Å². The van der Waals surface area contributed by atoms with Crippen molar-refractivity contribution in [1.82, 2.24) is 14.8 Å². The van der Waals surface area contributed by atoms with Gasteiger partial charge in [-0.2, -0.15) is 18.3 Å². The number of alkyl halides is 3. The molecule has 6 nitrogen and oxygen atoms in total. The number of pyridine rings is 1. The highest BCUT2D eigenvalue weighted by molar-refractivity contribution is 6.04. The van der Waals surface area contributed by atoms with Gasteiger partial charge in [0.2, 0.25) is 0 Å². The largest absolute Gasteiger partial charge is 0.462 e. The molecule has 2 aromatic heterocycles. The number of halogens is 3. The van der Waals surface area contributed by atoms with Crippen LogP contribution in [0.5, 0.6) is 0 Å². The zero-order valence-electron chi connectivity index (χ0n) is 16.6. The minimum absolute atomic E-state index is 0.0813. The van der Waals surface area contributed by atoms with Gasteiger partial charge >= 0.3 is 12.1 Å². The van der Waals surface area contributed by atoms with Crippen molar-refractivity contribution in [2.24, 2.45) is 7.05 Å². The predicted octanol–water partition coefficient (Wildman–Crippen LogP) is 4.16. The van der Waals surface area contributed by atoms with Crippen LogP contribution in [0.4, 0.5) is 18.9 Å². The van der Waals surface area contributed by atoms with Gasteiger partial charge in [-0.3, -0.25) is 4.68 Å². The molecule has 0 radical (unpaired) electrons. The number of hydrogen-bond donors (Lipinski definition) is 0. The fraction of sp³-hybridized carbons (Fsp3) is 0.381. The van der Waals surface area contributed by atoms with Crippen LogP contribution in [0, 0.1) is 0 Å². The molecule has 0 spiro atoms. The molecule has 0 saturated carbocycles. The van der Waals surface area contributed by atoms with Crippen LogP contribution >= 0.6 is 0 Å². The highest BCUT2D eigenvalue weighted by Crippen LogP contribution is 2.38. The molecule has 3 aromatic rings. The quantitative estimate of drug-likeness (QED) is 0.596. The van der Waals surface area contributed by atoms with Crippen molar-refractivity contribution in [3.8, 4) is 0 Å². The number of carbonyl (C=O) groups is 1. The molecular formula is C21H21F3N4O2. The van der Waals surface area contributed by atoms with E-state index in [1.807, 2.05) is 4.90 Å². The summed E-state index contributed by atoms with van der Waals surface area (Å²) in [5, 5.41) is 4.96. The summed E-state index contributed by atoms with van der Waals surface area (Å²) < 4.78 is 46.1. The normalized spacial score (nSPS) is 17.0. The molecule has 30 heavy (non-hydrogen) atoms. The molecule has 3 heterocycles. The van der Waals surface area contributed by atoms with Gasteiger partial charge in [-0.1, -0.05) is 18.2 Å². The van der Waals surface area contributed by atoms with Gasteiger partial charge in [-0.25, -0.2) is 9.78 Å². The molecule has 4 rings (SSSR count). The molecule has 0 aliphatic carbocycles. The van der Waals surface area contributed by atoms with E-state index in [1.54, 1.807) is 30.9 Å². The number of esters is 1. The first-order valence-corrected chi connectivity index (χ1v) is 9.69. The summed E-state index contributed by atoms with van der Waals surface area (Å²) in [7, 11) is 1.76. The summed E-state index contributed by atoms with van der Waals surface area (Å²) in [5.41, 5.74) is 1.62. The standard InChI is InChI=1S/C21H21F3N4O2/c1-3-30-20(29)17-10-25-19-16(11-26-27(19)2)18(17)28-8-7-14(12-28)13-5-4-6-15(9-13)21(22,23)24/h4-6,9-11,14H,3,7-8,12H2,1-2H3. The van der Waals surface area contributed by atoms with E-state index in [1.165, 1.54) is 18.3 Å². The molecular weight excluding hydrogens is 397 g/mol. The maximum absolute atomic E-state index is 13.1. The van der Waals surface area contributed by atoms with Crippen molar-refractivity contribution in [1.29, 1.82) is 0 Å². The lowest BCUT2D eigenvalue weighted by atomic mass is 9.96. The SMILES string of the molecule is CCOC(=O)c1cnc2c(cnn2C)c1N1CCC(c2cccc(C(F)(F)F)c2)C1. The topological polar surface area (TPSA) is 60.2 Å². The van der Waals surface area contributed by atoms with E-state index in [0.717, 1.165) is 6.07 Å². The van der Waals surface area contributed by atoms with Crippen molar-refractivity contribution >= 4 is 22.7 Å². The van der Waals surface area contributed by atoms with Gasteiger partial charge in [0, 0.05) is 32.3 Å². The number of anilines is 1. The van der Waals surface area contributed by atoms with Crippen LogP contribution in [-0.2, 0) is 18.0 Å². The van der Waals surface area contributed by atoms with Crippen LogP contribution in [0.25, 0.3) is 11.0 Å². The minimum atomic E-state index is -4.38. The third kappa shape index (κ3) is 3.59. The van der Waals surface area contributed by atoms with E-state index in [0.29, 0.717) is 47.4 Å². The molecule has 1 unspecified atom stereocenters. The molecule has 1 aliphatic heterocycles. The second-order valence-corrected chi connectivity index (χ2v) is 7.30. The summed E-state index contributed by atoms with van der Waals surface area (Å²) in [6.07, 6.45) is -0.570. The van der Waals surface area contributed by atoms with E-state index >= 15 is 0 Å². The third-order valence-corrected chi connectivity index (χ3v) is 5.42. The predicted molar refractivity (Wildman–Crippen MR) is 105 cm³/mol.